The minimum atomic E-state index is -0.386. The van der Waals surface area contributed by atoms with Crippen LogP contribution in [0.2, 0.25) is 0 Å². The number of pyridine rings is 1. The molecule has 1 aliphatic rings. The van der Waals surface area contributed by atoms with Crippen LogP contribution in [0, 0.1) is 0 Å². The standard InChI is InChI=1S/C21H18N2O4/c24-20-7-4-14-12-16(5-6-19(14)23-20)26-10-11-27-21(25)18-3-1-2-15-13-22-9-8-17(15)18/h1-3,5-6,8-9,12-13H,4,7,10-11H2,(H,23,24). The van der Waals surface area contributed by atoms with Gasteiger partial charge in [-0.1, -0.05) is 12.1 Å². The third-order valence-electron chi connectivity index (χ3n) is 4.46. The quantitative estimate of drug-likeness (QED) is 0.556. The number of esters is 1. The third-order valence-corrected chi connectivity index (χ3v) is 4.46. The molecule has 136 valence electrons. The van der Waals surface area contributed by atoms with Crippen molar-refractivity contribution in [3.63, 3.8) is 0 Å². The largest absolute Gasteiger partial charge is 0.490 e. The van der Waals surface area contributed by atoms with Gasteiger partial charge < -0.3 is 14.8 Å². The zero-order valence-corrected chi connectivity index (χ0v) is 14.6. The van der Waals surface area contributed by atoms with E-state index >= 15 is 0 Å². The van der Waals surface area contributed by atoms with E-state index in [1.165, 1.54) is 0 Å². The Bertz CT molecular complexity index is 1010. The summed E-state index contributed by atoms with van der Waals surface area (Å²) < 4.78 is 11.0. The van der Waals surface area contributed by atoms with E-state index in [-0.39, 0.29) is 25.1 Å². The van der Waals surface area contributed by atoms with Gasteiger partial charge in [-0.05, 0) is 47.7 Å². The lowest BCUT2D eigenvalue weighted by molar-refractivity contribution is -0.116. The second-order valence-electron chi connectivity index (χ2n) is 6.25. The van der Waals surface area contributed by atoms with Crippen LogP contribution < -0.4 is 10.1 Å². The molecular weight excluding hydrogens is 344 g/mol. The maximum Gasteiger partial charge on any atom is 0.338 e. The molecule has 0 fully saturated rings. The number of carbonyl (C=O) groups is 2. The van der Waals surface area contributed by atoms with E-state index in [0.717, 1.165) is 22.0 Å². The van der Waals surface area contributed by atoms with Gasteiger partial charge in [0.05, 0.1) is 5.56 Å². The Balaban J connectivity index is 1.34. The average Bonchev–Trinajstić information content (AvgIpc) is 2.70. The molecule has 6 heteroatoms. The van der Waals surface area contributed by atoms with Gasteiger partial charge in [0.15, 0.2) is 0 Å². The van der Waals surface area contributed by atoms with Crippen LogP contribution in [0.25, 0.3) is 10.8 Å². The molecule has 27 heavy (non-hydrogen) atoms. The highest BCUT2D eigenvalue weighted by molar-refractivity contribution is 6.04. The van der Waals surface area contributed by atoms with E-state index in [1.807, 2.05) is 24.3 Å². The minimum Gasteiger partial charge on any atom is -0.490 e. The number of nitrogens with one attached hydrogen (secondary N) is 1. The first kappa shape index (κ1) is 17.0. The van der Waals surface area contributed by atoms with Gasteiger partial charge in [0.2, 0.25) is 5.91 Å². The van der Waals surface area contributed by atoms with E-state index in [4.69, 9.17) is 9.47 Å². The Kier molecular flexibility index (Phi) is 4.70. The normalized spacial score (nSPS) is 13.0. The molecule has 1 aliphatic heterocycles. The van der Waals surface area contributed by atoms with Crippen molar-refractivity contribution in [1.82, 2.24) is 4.98 Å². The molecule has 0 saturated carbocycles. The summed E-state index contributed by atoms with van der Waals surface area (Å²) in [6.07, 6.45) is 4.55. The number of aromatic nitrogens is 1. The van der Waals surface area contributed by atoms with Crippen molar-refractivity contribution in [3.8, 4) is 5.75 Å². The number of rotatable bonds is 5. The molecule has 0 saturated heterocycles. The SMILES string of the molecule is O=C1CCc2cc(OCCOC(=O)c3cccc4cnccc34)ccc2N1. The van der Waals surface area contributed by atoms with E-state index in [1.54, 1.807) is 30.6 Å². The Morgan fingerprint density at radius 1 is 1.11 bits per heavy atom. The van der Waals surface area contributed by atoms with Crippen molar-refractivity contribution < 1.29 is 19.1 Å². The second-order valence-corrected chi connectivity index (χ2v) is 6.25. The Hall–Kier alpha value is -3.41. The number of benzene rings is 2. The van der Waals surface area contributed by atoms with Gasteiger partial charge >= 0.3 is 5.97 Å². The fourth-order valence-electron chi connectivity index (χ4n) is 3.12. The molecule has 0 atom stereocenters. The van der Waals surface area contributed by atoms with E-state index in [2.05, 4.69) is 10.3 Å². The molecule has 1 N–H and O–H groups in total. The maximum absolute atomic E-state index is 12.4. The summed E-state index contributed by atoms with van der Waals surface area (Å²) in [4.78, 5) is 27.8. The van der Waals surface area contributed by atoms with Crippen molar-refractivity contribution in [2.75, 3.05) is 18.5 Å². The zero-order valence-electron chi connectivity index (χ0n) is 14.6. The lowest BCUT2D eigenvalue weighted by Gasteiger charge is -2.17. The third kappa shape index (κ3) is 3.74. The zero-order chi connectivity index (χ0) is 18.6. The summed E-state index contributed by atoms with van der Waals surface area (Å²) in [5.74, 6) is 0.341. The fourth-order valence-corrected chi connectivity index (χ4v) is 3.12. The van der Waals surface area contributed by atoms with Crippen molar-refractivity contribution in [1.29, 1.82) is 0 Å². The Morgan fingerprint density at radius 2 is 2.04 bits per heavy atom. The number of hydrogen-bond acceptors (Lipinski definition) is 5. The number of nitrogens with zero attached hydrogens (tertiary/aromatic N) is 1. The summed E-state index contributed by atoms with van der Waals surface area (Å²) in [5, 5.41) is 4.54. The molecule has 4 rings (SSSR count). The lowest BCUT2D eigenvalue weighted by atomic mass is 10.0. The predicted octanol–water partition coefficient (Wildman–Crippen LogP) is 3.36. The van der Waals surface area contributed by atoms with Gasteiger partial charge in [-0.15, -0.1) is 0 Å². The molecule has 0 spiro atoms. The molecular formula is C21H18N2O4. The molecule has 1 aromatic heterocycles. The number of amides is 1. The molecule has 0 bridgehead atoms. The van der Waals surface area contributed by atoms with Crippen molar-refractivity contribution in [3.05, 3.63) is 66.0 Å². The monoisotopic (exact) mass is 362 g/mol. The molecule has 2 aromatic carbocycles. The van der Waals surface area contributed by atoms with Crippen molar-refractivity contribution in [2.45, 2.75) is 12.8 Å². The Labute approximate surface area is 156 Å². The predicted molar refractivity (Wildman–Crippen MR) is 101 cm³/mol. The molecule has 6 nitrogen and oxygen atoms in total. The number of fused-ring (bicyclic) bond motifs is 2. The van der Waals surface area contributed by atoms with E-state index in [0.29, 0.717) is 24.2 Å². The van der Waals surface area contributed by atoms with Crippen LogP contribution in [0.5, 0.6) is 5.75 Å². The van der Waals surface area contributed by atoms with Gasteiger partial charge in [-0.25, -0.2) is 4.79 Å². The minimum absolute atomic E-state index is 0.0345. The molecule has 0 aliphatic carbocycles. The average molecular weight is 362 g/mol. The summed E-state index contributed by atoms with van der Waals surface area (Å²) in [7, 11) is 0. The highest BCUT2D eigenvalue weighted by Gasteiger charge is 2.15. The van der Waals surface area contributed by atoms with Gasteiger partial charge in [-0.3, -0.25) is 9.78 Å². The summed E-state index contributed by atoms with van der Waals surface area (Å²) in [6.45, 7) is 0.400. The fraction of sp³-hybridized carbons (Fsp3) is 0.190. The van der Waals surface area contributed by atoms with Crippen LogP contribution in [0.3, 0.4) is 0 Å². The van der Waals surface area contributed by atoms with Crippen LogP contribution >= 0.6 is 0 Å². The van der Waals surface area contributed by atoms with Crippen molar-refractivity contribution in [2.24, 2.45) is 0 Å². The summed E-state index contributed by atoms with van der Waals surface area (Å²) >= 11 is 0. The lowest BCUT2D eigenvalue weighted by Crippen LogP contribution is -2.19. The van der Waals surface area contributed by atoms with Crippen LogP contribution in [0.15, 0.2) is 54.9 Å². The van der Waals surface area contributed by atoms with E-state index < -0.39 is 0 Å². The molecule has 0 unspecified atom stereocenters. The van der Waals surface area contributed by atoms with Crippen LogP contribution in [-0.4, -0.2) is 30.1 Å². The van der Waals surface area contributed by atoms with Gasteiger partial charge in [-0.2, -0.15) is 0 Å². The number of anilines is 1. The first-order valence-electron chi connectivity index (χ1n) is 8.76. The molecule has 1 amide bonds. The van der Waals surface area contributed by atoms with Crippen LogP contribution in [0.4, 0.5) is 5.69 Å². The smallest absolute Gasteiger partial charge is 0.338 e. The number of hydrogen-bond donors (Lipinski definition) is 1. The number of ether oxygens (including phenoxy) is 2. The van der Waals surface area contributed by atoms with Crippen LogP contribution in [-0.2, 0) is 16.0 Å². The van der Waals surface area contributed by atoms with Gasteiger partial charge in [0.1, 0.15) is 19.0 Å². The molecule has 2 heterocycles. The van der Waals surface area contributed by atoms with E-state index in [9.17, 15) is 9.59 Å². The van der Waals surface area contributed by atoms with Gasteiger partial charge in [0, 0.05) is 29.9 Å². The highest BCUT2D eigenvalue weighted by Crippen LogP contribution is 2.26. The maximum atomic E-state index is 12.4. The van der Waals surface area contributed by atoms with Gasteiger partial charge in [0.25, 0.3) is 0 Å². The topological polar surface area (TPSA) is 77.5 Å². The Morgan fingerprint density at radius 3 is 2.96 bits per heavy atom. The number of carbonyl (C=O) groups excluding carboxylic acids is 2. The highest BCUT2D eigenvalue weighted by atomic mass is 16.6. The van der Waals surface area contributed by atoms with Crippen LogP contribution in [0.1, 0.15) is 22.3 Å². The van der Waals surface area contributed by atoms with Crippen molar-refractivity contribution >= 4 is 28.3 Å². The number of aryl methyl sites for hydroxylation is 1. The second kappa shape index (κ2) is 7.45. The molecule has 0 radical (unpaired) electrons. The first-order valence-corrected chi connectivity index (χ1v) is 8.76. The molecule has 3 aromatic rings. The summed E-state index contributed by atoms with van der Waals surface area (Å²) in [6, 6.07) is 12.8. The summed E-state index contributed by atoms with van der Waals surface area (Å²) in [5.41, 5.74) is 2.39. The first-order chi connectivity index (χ1) is 13.2.